The third kappa shape index (κ3) is 4.16. The predicted octanol–water partition coefficient (Wildman–Crippen LogP) is 4.71. The van der Waals surface area contributed by atoms with Gasteiger partial charge in [-0.05, 0) is 65.4 Å². The van der Waals surface area contributed by atoms with Gasteiger partial charge in [0.1, 0.15) is 11.6 Å². The molecule has 156 valence electrons. The van der Waals surface area contributed by atoms with Gasteiger partial charge in [-0.15, -0.1) is 0 Å². The van der Waals surface area contributed by atoms with Gasteiger partial charge in [0, 0.05) is 48.1 Å². The zero-order chi connectivity index (χ0) is 21.0. The van der Waals surface area contributed by atoms with Gasteiger partial charge < -0.3 is 25.3 Å². The third-order valence-corrected chi connectivity index (χ3v) is 5.40. The molecule has 4 N–H and O–H groups in total. The lowest BCUT2D eigenvalue weighted by molar-refractivity contribution is 0.415. The molecule has 31 heavy (non-hydrogen) atoms. The van der Waals surface area contributed by atoms with Crippen LogP contribution < -0.4 is 15.4 Å². The molecule has 5 aromatic rings. The molecule has 0 radical (unpaired) electrons. The number of rotatable bonds is 8. The number of ether oxygens (including phenoxy) is 1. The second kappa shape index (κ2) is 8.39. The fraction of sp³-hybridized carbons (Fsp3) is 0.167. The van der Waals surface area contributed by atoms with Crippen molar-refractivity contribution in [2.75, 3.05) is 24.3 Å². The van der Waals surface area contributed by atoms with Gasteiger partial charge in [0.05, 0.1) is 7.11 Å². The Morgan fingerprint density at radius 2 is 1.90 bits per heavy atom. The molecule has 0 spiro atoms. The number of benzene rings is 2. The van der Waals surface area contributed by atoms with Crippen molar-refractivity contribution in [3.05, 3.63) is 78.2 Å². The Bertz CT molecular complexity index is 1320. The molecular formula is C24H24N6O. The smallest absolute Gasteiger partial charge is 0.224 e. The molecule has 2 aromatic carbocycles. The maximum absolute atomic E-state index is 5.35. The summed E-state index contributed by atoms with van der Waals surface area (Å²) >= 11 is 0. The van der Waals surface area contributed by atoms with Crippen LogP contribution in [0.25, 0.3) is 21.8 Å². The summed E-state index contributed by atoms with van der Waals surface area (Å²) in [6.45, 7) is 1.44. The number of hydrogen-bond acceptors (Lipinski definition) is 5. The van der Waals surface area contributed by atoms with E-state index >= 15 is 0 Å². The van der Waals surface area contributed by atoms with Crippen molar-refractivity contribution in [3.8, 4) is 5.75 Å². The molecule has 0 aliphatic rings. The van der Waals surface area contributed by atoms with Crippen LogP contribution in [0.5, 0.6) is 5.75 Å². The highest BCUT2D eigenvalue weighted by atomic mass is 16.5. The van der Waals surface area contributed by atoms with Crippen LogP contribution in [-0.4, -0.2) is 33.6 Å². The Kier molecular flexibility index (Phi) is 5.14. The Labute approximate surface area is 179 Å². The second-order valence-corrected chi connectivity index (χ2v) is 7.42. The van der Waals surface area contributed by atoms with Gasteiger partial charge in [-0.2, -0.15) is 4.98 Å². The predicted molar refractivity (Wildman–Crippen MR) is 125 cm³/mol. The number of aromatic nitrogens is 4. The molecule has 0 amide bonds. The molecule has 0 unspecified atom stereocenters. The van der Waals surface area contributed by atoms with Crippen molar-refractivity contribution >= 4 is 33.6 Å². The van der Waals surface area contributed by atoms with E-state index in [4.69, 9.17) is 4.74 Å². The fourth-order valence-corrected chi connectivity index (χ4v) is 3.75. The van der Waals surface area contributed by atoms with E-state index in [1.165, 1.54) is 21.9 Å². The Hall–Kier alpha value is -4.00. The first-order chi connectivity index (χ1) is 15.3. The molecule has 0 fully saturated rings. The van der Waals surface area contributed by atoms with E-state index in [0.717, 1.165) is 35.6 Å². The Morgan fingerprint density at radius 3 is 2.84 bits per heavy atom. The molecular weight excluding hydrogens is 388 g/mol. The number of aromatic amines is 2. The first-order valence-corrected chi connectivity index (χ1v) is 10.3. The average Bonchev–Trinajstić information content (AvgIpc) is 3.44. The molecule has 0 aliphatic heterocycles. The molecule has 3 heterocycles. The van der Waals surface area contributed by atoms with Crippen molar-refractivity contribution < 1.29 is 4.74 Å². The number of hydrogen-bond donors (Lipinski definition) is 4. The summed E-state index contributed by atoms with van der Waals surface area (Å²) in [5.41, 5.74) is 4.69. The molecule has 7 nitrogen and oxygen atoms in total. The first-order valence-electron chi connectivity index (χ1n) is 10.3. The van der Waals surface area contributed by atoms with E-state index in [-0.39, 0.29) is 0 Å². The summed E-state index contributed by atoms with van der Waals surface area (Å²) in [5, 5.41) is 9.09. The molecule has 0 saturated heterocycles. The van der Waals surface area contributed by atoms with Gasteiger partial charge in [0.2, 0.25) is 5.95 Å². The summed E-state index contributed by atoms with van der Waals surface area (Å²) in [7, 11) is 1.69. The van der Waals surface area contributed by atoms with Gasteiger partial charge in [-0.3, -0.25) is 0 Å². The van der Waals surface area contributed by atoms with E-state index in [1.54, 1.807) is 13.3 Å². The van der Waals surface area contributed by atoms with Crippen molar-refractivity contribution in [2.45, 2.75) is 13.0 Å². The van der Waals surface area contributed by atoms with Crippen LogP contribution in [0.1, 0.15) is 11.1 Å². The number of H-pyrrole nitrogens is 2. The quantitative estimate of drug-likeness (QED) is 0.296. The van der Waals surface area contributed by atoms with E-state index in [0.29, 0.717) is 12.5 Å². The summed E-state index contributed by atoms with van der Waals surface area (Å²) in [6, 6.07) is 16.4. The highest BCUT2D eigenvalue weighted by molar-refractivity contribution is 5.84. The molecule has 0 atom stereocenters. The maximum Gasteiger partial charge on any atom is 0.224 e. The zero-order valence-electron chi connectivity index (χ0n) is 17.3. The lowest BCUT2D eigenvalue weighted by Gasteiger charge is -2.09. The molecule has 0 bridgehead atoms. The van der Waals surface area contributed by atoms with Gasteiger partial charge in [0.15, 0.2) is 0 Å². The number of fused-ring (bicyclic) bond motifs is 2. The highest BCUT2D eigenvalue weighted by Crippen LogP contribution is 2.24. The largest absolute Gasteiger partial charge is 0.497 e. The van der Waals surface area contributed by atoms with Crippen molar-refractivity contribution in [3.63, 3.8) is 0 Å². The molecule has 0 saturated carbocycles. The zero-order valence-corrected chi connectivity index (χ0v) is 17.3. The van der Waals surface area contributed by atoms with E-state index in [9.17, 15) is 0 Å². The topological polar surface area (TPSA) is 90.6 Å². The van der Waals surface area contributed by atoms with Gasteiger partial charge >= 0.3 is 0 Å². The molecule has 5 rings (SSSR count). The normalized spacial score (nSPS) is 11.1. The standard InChI is InChI=1S/C24H24N6O/c1-31-19-3-5-22-20(13-19)18(15-28-22)7-10-26-24-27-11-8-23(30-24)29-14-16-2-4-21-17(12-16)6-9-25-21/h2-6,8-9,11-13,15,25,28H,7,10,14H2,1H3,(H2,26,27,29,30). The summed E-state index contributed by atoms with van der Waals surface area (Å²) < 4.78 is 5.35. The molecule has 3 aromatic heterocycles. The highest BCUT2D eigenvalue weighted by Gasteiger charge is 2.06. The van der Waals surface area contributed by atoms with Gasteiger partial charge in [-0.1, -0.05) is 6.07 Å². The summed E-state index contributed by atoms with van der Waals surface area (Å²) in [4.78, 5) is 15.5. The minimum atomic E-state index is 0.614. The van der Waals surface area contributed by atoms with E-state index in [2.05, 4.69) is 60.9 Å². The monoisotopic (exact) mass is 412 g/mol. The lowest BCUT2D eigenvalue weighted by Crippen LogP contribution is -2.09. The van der Waals surface area contributed by atoms with Crippen LogP contribution in [0.15, 0.2) is 67.1 Å². The third-order valence-electron chi connectivity index (χ3n) is 5.40. The Balaban J connectivity index is 1.19. The SMILES string of the molecule is COc1ccc2[nH]cc(CCNc3nccc(NCc4ccc5[nH]ccc5c4)n3)c2c1. The van der Waals surface area contributed by atoms with Crippen molar-refractivity contribution in [2.24, 2.45) is 0 Å². The minimum Gasteiger partial charge on any atom is -0.497 e. The van der Waals surface area contributed by atoms with Crippen LogP contribution in [0.2, 0.25) is 0 Å². The molecule has 0 aliphatic carbocycles. The van der Waals surface area contributed by atoms with Crippen LogP contribution in [0.4, 0.5) is 11.8 Å². The second-order valence-electron chi connectivity index (χ2n) is 7.42. The van der Waals surface area contributed by atoms with Crippen LogP contribution >= 0.6 is 0 Å². The molecule has 7 heteroatoms. The van der Waals surface area contributed by atoms with Crippen LogP contribution in [0, 0.1) is 0 Å². The first kappa shape index (κ1) is 19.0. The summed E-state index contributed by atoms with van der Waals surface area (Å²) in [6.07, 6.45) is 6.62. The van der Waals surface area contributed by atoms with Crippen molar-refractivity contribution in [1.82, 2.24) is 19.9 Å². The maximum atomic E-state index is 5.35. The van der Waals surface area contributed by atoms with Crippen LogP contribution in [0.3, 0.4) is 0 Å². The van der Waals surface area contributed by atoms with Gasteiger partial charge in [0.25, 0.3) is 0 Å². The fourth-order valence-electron chi connectivity index (χ4n) is 3.75. The average molecular weight is 412 g/mol. The van der Waals surface area contributed by atoms with Crippen molar-refractivity contribution in [1.29, 1.82) is 0 Å². The number of nitrogens with one attached hydrogen (secondary N) is 4. The number of anilines is 2. The Morgan fingerprint density at radius 1 is 0.968 bits per heavy atom. The number of methoxy groups -OCH3 is 1. The summed E-state index contributed by atoms with van der Waals surface area (Å²) in [5.74, 6) is 2.27. The van der Waals surface area contributed by atoms with Crippen LogP contribution in [-0.2, 0) is 13.0 Å². The number of nitrogens with zero attached hydrogens (tertiary/aromatic N) is 2. The lowest BCUT2D eigenvalue weighted by atomic mass is 10.1. The van der Waals surface area contributed by atoms with Gasteiger partial charge in [-0.25, -0.2) is 4.98 Å². The minimum absolute atomic E-state index is 0.614. The van der Waals surface area contributed by atoms with E-state index < -0.39 is 0 Å². The van der Waals surface area contributed by atoms with E-state index in [1.807, 2.05) is 30.6 Å².